The number of aryl methyl sites for hydroxylation is 1. The Hall–Kier alpha value is -1.92. The average Bonchev–Trinajstić information content (AvgIpc) is 3.12. The lowest BCUT2D eigenvalue weighted by molar-refractivity contribution is 0.0744. The second kappa shape index (κ2) is 9.33. The van der Waals surface area contributed by atoms with Gasteiger partial charge in [-0.15, -0.1) is 11.3 Å². The number of nitrogens with zero attached hydrogens (tertiary/aromatic N) is 3. The quantitative estimate of drug-likeness (QED) is 0.730. The van der Waals surface area contributed by atoms with Gasteiger partial charge in [-0.3, -0.25) is 4.79 Å². The van der Waals surface area contributed by atoms with Gasteiger partial charge < -0.3 is 14.5 Å². The van der Waals surface area contributed by atoms with Crippen LogP contribution in [-0.2, 0) is 6.42 Å². The number of hydrogen-bond donors (Lipinski definition) is 0. The molecule has 1 fully saturated rings. The first-order valence-corrected chi connectivity index (χ1v) is 10.5. The molecule has 1 saturated heterocycles. The van der Waals surface area contributed by atoms with Gasteiger partial charge in [0.15, 0.2) is 0 Å². The Labute approximate surface area is 166 Å². The number of rotatable bonds is 7. The molecule has 1 aliphatic heterocycles. The number of benzene rings is 1. The van der Waals surface area contributed by atoms with Crippen molar-refractivity contribution in [3.63, 3.8) is 0 Å². The SMILES string of the molecule is COc1ccccc1CCN1CCC(CN(C)C(=O)c2scnc2C)CC1. The summed E-state index contributed by atoms with van der Waals surface area (Å²) < 4.78 is 5.45. The Morgan fingerprint density at radius 3 is 2.74 bits per heavy atom. The summed E-state index contributed by atoms with van der Waals surface area (Å²) in [4.78, 5) is 21.9. The van der Waals surface area contributed by atoms with E-state index in [9.17, 15) is 4.79 Å². The van der Waals surface area contributed by atoms with Gasteiger partial charge in [-0.1, -0.05) is 18.2 Å². The summed E-state index contributed by atoms with van der Waals surface area (Å²) in [6, 6.07) is 8.26. The molecule has 0 radical (unpaired) electrons. The molecular formula is C21H29N3O2S. The van der Waals surface area contributed by atoms with E-state index in [0.29, 0.717) is 5.92 Å². The van der Waals surface area contributed by atoms with Gasteiger partial charge in [0, 0.05) is 20.1 Å². The number of aromatic nitrogens is 1. The average molecular weight is 388 g/mol. The lowest BCUT2D eigenvalue weighted by Gasteiger charge is -2.34. The van der Waals surface area contributed by atoms with E-state index in [0.717, 1.165) is 61.8 Å². The van der Waals surface area contributed by atoms with Crippen LogP contribution in [-0.4, -0.2) is 61.0 Å². The molecule has 0 spiro atoms. The molecule has 1 aliphatic rings. The number of methoxy groups -OCH3 is 1. The van der Waals surface area contributed by atoms with Crippen LogP contribution in [0, 0.1) is 12.8 Å². The van der Waals surface area contributed by atoms with E-state index in [4.69, 9.17) is 4.74 Å². The van der Waals surface area contributed by atoms with Gasteiger partial charge in [-0.25, -0.2) is 4.98 Å². The molecule has 0 unspecified atom stereocenters. The third-order valence-corrected chi connectivity index (χ3v) is 6.33. The fourth-order valence-electron chi connectivity index (χ4n) is 3.73. The zero-order chi connectivity index (χ0) is 19.2. The maximum Gasteiger partial charge on any atom is 0.265 e. The van der Waals surface area contributed by atoms with E-state index in [1.807, 2.05) is 31.0 Å². The molecule has 146 valence electrons. The molecule has 2 aromatic rings. The Kier molecular flexibility index (Phi) is 6.85. The summed E-state index contributed by atoms with van der Waals surface area (Å²) in [5.41, 5.74) is 3.85. The summed E-state index contributed by atoms with van der Waals surface area (Å²) in [6.45, 7) is 5.99. The van der Waals surface area contributed by atoms with Gasteiger partial charge >= 0.3 is 0 Å². The third-order valence-electron chi connectivity index (χ3n) is 5.42. The van der Waals surface area contributed by atoms with Crippen molar-refractivity contribution < 1.29 is 9.53 Å². The van der Waals surface area contributed by atoms with Gasteiger partial charge in [0.25, 0.3) is 5.91 Å². The number of piperidine rings is 1. The van der Waals surface area contributed by atoms with Crippen LogP contribution in [0.15, 0.2) is 29.8 Å². The van der Waals surface area contributed by atoms with Crippen molar-refractivity contribution in [1.29, 1.82) is 0 Å². The number of thiazole rings is 1. The van der Waals surface area contributed by atoms with Gasteiger partial charge in [0.05, 0.1) is 18.3 Å². The molecule has 1 aromatic carbocycles. The zero-order valence-corrected chi connectivity index (χ0v) is 17.3. The first-order chi connectivity index (χ1) is 13.1. The summed E-state index contributed by atoms with van der Waals surface area (Å²) in [5, 5.41) is 0. The van der Waals surface area contributed by atoms with E-state index in [-0.39, 0.29) is 5.91 Å². The standard InChI is InChI=1S/C21H29N3O2S/c1-16-20(27-15-22-16)21(25)23(2)14-17-8-11-24(12-9-17)13-10-18-6-4-5-7-19(18)26-3/h4-7,15,17H,8-14H2,1-3H3. The number of para-hydroxylation sites is 1. The van der Waals surface area contributed by atoms with Gasteiger partial charge in [0.2, 0.25) is 0 Å². The molecule has 3 rings (SSSR count). The van der Waals surface area contributed by atoms with E-state index in [2.05, 4.69) is 22.0 Å². The van der Waals surface area contributed by atoms with Gasteiger partial charge in [0.1, 0.15) is 10.6 Å². The molecule has 0 aliphatic carbocycles. The Morgan fingerprint density at radius 2 is 2.07 bits per heavy atom. The first-order valence-electron chi connectivity index (χ1n) is 9.58. The van der Waals surface area contributed by atoms with Crippen molar-refractivity contribution in [3.05, 3.63) is 45.9 Å². The van der Waals surface area contributed by atoms with Crippen LogP contribution >= 0.6 is 11.3 Å². The number of amides is 1. The summed E-state index contributed by atoms with van der Waals surface area (Å²) in [7, 11) is 3.64. The second-order valence-electron chi connectivity index (χ2n) is 7.30. The van der Waals surface area contributed by atoms with Crippen molar-refractivity contribution in [3.8, 4) is 5.75 Å². The maximum atomic E-state index is 12.6. The van der Waals surface area contributed by atoms with Crippen LogP contribution in [0.3, 0.4) is 0 Å². The topological polar surface area (TPSA) is 45.7 Å². The van der Waals surface area contributed by atoms with Crippen LogP contribution in [0.5, 0.6) is 5.75 Å². The number of carbonyl (C=O) groups excluding carboxylic acids is 1. The lowest BCUT2D eigenvalue weighted by Crippen LogP contribution is -2.40. The highest BCUT2D eigenvalue weighted by molar-refractivity contribution is 7.11. The van der Waals surface area contributed by atoms with Crippen LogP contribution in [0.25, 0.3) is 0 Å². The molecule has 27 heavy (non-hydrogen) atoms. The highest BCUT2D eigenvalue weighted by Gasteiger charge is 2.24. The van der Waals surface area contributed by atoms with Crippen molar-refractivity contribution in [2.45, 2.75) is 26.2 Å². The van der Waals surface area contributed by atoms with Crippen molar-refractivity contribution in [2.24, 2.45) is 5.92 Å². The molecule has 0 atom stereocenters. The smallest absolute Gasteiger partial charge is 0.265 e. The third kappa shape index (κ3) is 5.08. The fourth-order valence-corrected chi connectivity index (χ4v) is 4.53. The van der Waals surface area contributed by atoms with Crippen LogP contribution in [0.2, 0.25) is 0 Å². The predicted molar refractivity (Wildman–Crippen MR) is 110 cm³/mol. The molecule has 2 heterocycles. The molecule has 0 bridgehead atoms. The van der Waals surface area contributed by atoms with Crippen LogP contribution in [0.1, 0.15) is 33.8 Å². The Bertz CT molecular complexity index is 753. The van der Waals surface area contributed by atoms with E-state index in [1.54, 1.807) is 12.6 Å². The largest absolute Gasteiger partial charge is 0.496 e. The fraction of sp³-hybridized carbons (Fsp3) is 0.524. The minimum atomic E-state index is 0.105. The van der Waals surface area contributed by atoms with Crippen molar-refractivity contribution >= 4 is 17.2 Å². The monoisotopic (exact) mass is 387 g/mol. The highest BCUT2D eigenvalue weighted by Crippen LogP contribution is 2.22. The summed E-state index contributed by atoms with van der Waals surface area (Å²) >= 11 is 1.44. The van der Waals surface area contributed by atoms with E-state index >= 15 is 0 Å². The molecule has 0 N–H and O–H groups in total. The normalized spacial score (nSPS) is 15.7. The van der Waals surface area contributed by atoms with E-state index in [1.165, 1.54) is 16.9 Å². The summed E-state index contributed by atoms with van der Waals surface area (Å²) in [5.74, 6) is 1.66. The lowest BCUT2D eigenvalue weighted by atomic mass is 9.96. The molecular weight excluding hydrogens is 358 g/mol. The number of hydrogen-bond acceptors (Lipinski definition) is 5. The maximum absolute atomic E-state index is 12.6. The Balaban J connectivity index is 1.43. The molecule has 0 saturated carbocycles. The predicted octanol–water partition coefficient (Wildman–Crippen LogP) is 3.49. The minimum Gasteiger partial charge on any atom is -0.496 e. The van der Waals surface area contributed by atoms with Crippen LogP contribution in [0.4, 0.5) is 0 Å². The number of carbonyl (C=O) groups is 1. The molecule has 6 heteroatoms. The number of likely N-dealkylation sites (tertiary alicyclic amines) is 1. The summed E-state index contributed by atoms with van der Waals surface area (Å²) in [6.07, 6.45) is 3.30. The van der Waals surface area contributed by atoms with Crippen LogP contribution < -0.4 is 4.74 Å². The van der Waals surface area contributed by atoms with Crippen molar-refractivity contribution in [2.75, 3.05) is 40.3 Å². The van der Waals surface area contributed by atoms with Gasteiger partial charge in [-0.2, -0.15) is 0 Å². The zero-order valence-electron chi connectivity index (χ0n) is 16.5. The van der Waals surface area contributed by atoms with Gasteiger partial charge in [-0.05, 0) is 56.8 Å². The first kappa shape index (κ1) is 19.8. The van der Waals surface area contributed by atoms with E-state index < -0.39 is 0 Å². The molecule has 1 aromatic heterocycles. The molecule has 5 nitrogen and oxygen atoms in total. The number of ether oxygens (including phenoxy) is 1. The van der Waals surface area contributed by atoms with Crippen molar-refractivity contribution in [1.82, 2.24) is 14.8 Å². The highest BCUT2D eigenvalue weighted by atomic mass is 32.1. The minimum absolute atomic E-state index is 0.105. The second-order valence-corrected chi connectivity index (χ2v) is 8.15. The Morgan fingerprint density at radius 1 is 1.33 bits per heavy atom. The molecule has 1 amide bonds.